The van der Waals surface area contributed by atoms with Gasteiger partial charge in [-0.15, -0.1) is 0 Å². The predicted octanol–water partition coefficient (Wildman–Crippen LogP) is 4.75. The van der Waals surface area contributed by atoms with Gasteiger partial charge in [0.1, 0.15) is 0 Å². The van der Waals surface area contributed by atoms with E-state index in [4.69, 9.17) is 9.47 Å². The van der Waals surface area contributed by atoms with Gasteiger partial charge in [0.25, 0.3) is 5.91 Å². The SMILES string of the molecule is CCCCCOc1ccc2c(c1OCCCCC)CN(CCc1cnc[nH]1)C2=O. The summed E-state index contributed by atoms with van der Waals surface area (Å²) in [5.74, 6) is 1.59. The van der Waals surface area contributed by atoms with Gasteiger partial charge in [0, 0.05) is 36.0 Å². The first kappa shape index (κ1) is 21.2. The first-order valence-electron chi connectivity index (χ1n) is 10.9. The molecule has 1 N–H and O–H groups in total. The average molecular weight is 400 g/mol. The molecule has 0 radical (unpaired) electrons. The molecule has 1 aliphatic heterocycles. The van der Waals surface area contributed by atoms with E-state index in [0.717, 1.165) is 73.3 Å². The molecule has 158 valence electrons. The highest BCUT2D eigenvalue weighted by Crippen LogP contribution is 2.39. The van der Waals surface area contributed by atoms with E-state index in [2.05, 4.69) is 23.8 Å². The molecule has 29 heavy (non-hydrogen) atoms. The van der Waals surface area contributed by atoms with Crippen molar-refractivity contribution >= 4 is 5.91 Å². The minimum Gasteiger partial charge on any atom is -0.490 e. The summed E-state index contributed by atoms with van der Waals surface area (Å²) in [6, 6.07) is 3.79. The first-order chi connectivity index (χ1) is 14.2. The Hall–Kier alpha value is -2.50. The molecule has 0 saturated heterocycles. The summed E-state index contributed by atoms with van der Waals surface area (Å²) in [4.78, 5) is 21.9. The smallest absolute Gasteiger partial charge is 0.254 e. The maximum atomic E-state index is 12.9. The van der Waals surface area contributed by atoms with E-state index < -0.39 is 0 Å². The molecule has 6 nitrogen and oxygen atoms in total. The largest absolute Gasteiger partial charge is 0.490 e. The van der Waals surface area contributed by atoms with E-state index in [9.17, 15) is 4.79 Å². The maximum absolute atomic E-state index is 12.9. The fourth-order valence-corrected chi connectivity index (χ4v) is 3.59. The molecule has 0 saturated carbocycles. The highest BCUT2D eigenvalue weighted by Gasteiger charge is 2.31. The van der Waals surface area contributed by atoms with Gasteiger partial charge in [0.2, 0.25) is 0 Å². The zero-order valence-corrected chi connectivity index (χ0v) is 17.7. The molecule has 0 unspecified atom stereocenters. The summed E-state index contributed by atoms with van der Waals surface area (Å²) in [7, 11) is 0. The van der Waals surface area contributed by atoms with Crippen LogP contribution in [0.4, 0.5) is 0 Å². The quantitative estimate of drug-likeness (QED) is 0.494. The number of ether oxygens (including phenoxy) is 2. The van der Waals surface area contributed by atoms with Crippen molar-refractivity contribution in [3.8, 4) is 11.5 Å². The molecular weight excluding hydrogens is 366 g/mol. The van der Waals surface area contributed by atoms with Gasteiger partial charge < -0.3 is 19.4 Å². The Morgan fingerprint density at radius 3 is 2.52 bits per heavy atom. The third kappa shape index (κ3) is 5.52. The van der Waals surface area contributed by atoms with Gasteiger partial charge in [-0.1, -0.05) is 39.5 Å². The molecule has 0 bridgehead atoms. The normalized spacial score (nSPS) is 13.0. The van der Waals surface area contributed by atoms with Gasteiger partial charge in [-0.3, -0.25) is 4.79 Å². The van der Waals surface area contributed by atoms with Crippen LogP contribution < -0.4 is 9.47 Å². The number of amides is 1. The first-order valence-corrected chi connectivity index (χ1v) is 10.9. The number of aromatic nitrogens is 2. The third-order valence-electron chi connectivity index (χ3n) is 5.30. The van der Waals surface area contributed by atoms with Gasteiger partial charge in [0.05, 0.1) is 26.1 Å². The van der Waals surface area contributed by atoms with Crippen molar-refractivity contribution in [2.24, 2.45) is 0 Å². The number of carbonyl (C=O) groups is 1. The zero-order valence-electron chi connectivity index (χ0n) is 17.7. The number of rotatable bonds is 13. The average Bonchev–Trinajstić information content (AvgIpc) is 3.36. The lowest BCUT2D eigenvalue weighted by molar-refractivity contribution is 0.0780. The number of fused-ring (bicyclic) bond motifs is 1. The Labute approximate surface area is 173 Å². The van der Waals surface area contributed by atoms with Gasteiger partial charge in [0.15, 0.2) is 11.5 Å². The van der Waals surface area contributed by atoms with Crippen LogP contribution in [0.2, 0.25) is 0 Å². The molecule has 1 aliphatic rings. The molecule has 0 aliphatic carbocycles. The number of nitrogens with zero attached hydrogens (tertiary/aromatic N) is 2. The van der Waals surface area contributed by atoms with Crippen LogP contribution in [-0.2, 0) is 13.0 Å². The lowest BCUT2D eigenvalue weighted by Crippen LogP contribution is -2.26. The Kier molecular flexibility index (Phi) is 7.96. The summed E-state index contributed by atoms with van der Waals surface area (Å²) in [5, 5.41) is 0. The molecule has 0 fully saturated rings. The molecule has 6 heteroatoms. The maximum Gasteiger partial charge on any atom is 0.254 e. The molecule has 2 aromatic rings. The summed E-state index contributed by atoms with van der Waals surface area (Å²) < 4.78 is 12.2. The summed E-state index contributed by atoms with van der Waals surface area (Å²) >= 11 is 0. The van der Waals surface area contributed by atoms with E-state index in [1.54, 1.807) is 12.5 Å². The van der Waals surface area contributed by atoms with Crippen molar-refractivity contribution in [2.45, 2.75) is 65.3 Å². The Morgan fingerprint density at radius 1 is 1.07 bits per heavy atom. The zero-order chi connectivity index (χ0) is 20.5. The molecule has 1 aromatic carbocycles. The minimum atomic E-state index is 0.0652. The van der Waals surface area contributed by atoms with E-state index in [-0.39, 0.29) is 5.91 Å². The van der Waals surface area contributed by atoms with Crippen molar-refractivity contribution in [1.29, 1.82) is 0 Å². The van der Waals surface area contributed by atoms with Crippen LogP contribution in [0.1, 0.15) is 74.0 Å². The molecule has 1 aromatic heterocycles. The summed E-state index contributed by atoms with van der Waals surface area (Å²) in [6.45, 7) is 6.91. The van der Waals surface area contributed by atoms with Crippen LogP contribution >= 0.6 is 0 Å². The number of nitrogens with one attached hydrogen (secondary N) is 1. The molecule has 0 atom stereocenters. The number of imidazole rings is 1. The van der Waals surface area contributed by atoms with Gasteiger partial charge >= 0.3 is 0 Å². The van der Waals surface area contributed by atoms with Gasteiger partial charge in [-0.2, -0.15) is 0 Å². The Balaban J connectivity index is 1.72. The Morgan fingerprint density at radius 2 is 1.83 bits per heavy atom. The van der Waals surface area contributed by atoms with Gasteiger partial charge in [-0.05, 0) is 25.0 Å². The molecule has 3 rings (SSSR count). The van der Waals surface area contributed by atoms with Crippen molar-refractivity contribution in [2.75, 3.05) is 19.8 Å². The number of unbranched alkanes of at least 4 members (excludes halogenated alkanes) is 4. The van der Waals surface area contributed by atoms with E-state index in [1.165, 1.54) is 0 Å². The monoisotopic (exact) mass is 399 g/mol. The van der Waals surface area contributed by atoms with Crippen molar-refractivity contribution in [1.82, 2.24) is 14.9 Å². The van der Waals surface area contributed by atoms with Crippen molar-refractivity contribution in [3.05, 3.63) is 41.5 Å². The highest BCUT2D eigenvalue weighted by atomic mass is 16.5. The molecule has 1 amide bonds. The van der Waals surface area contributed by atoms with Crippen LogP contribution in [0.3, 0.4) is 0 Å². The second kappa shape index (κ2) is 10.9. The Bertz CT molecular complexity index is 774. The fraction of sp³-hybridized carbons (Fsp3) is 0.565. The summed E-state index contributed by atoms with van der Waals surface area (Å²) in [6.07, 6.45) is 10.9. The number of benzene rings is 1. The number of hydrogen-bond acceptors (Lipinski definition) is 4. The fourth-order valence-electron chi connectivity index (χ4n) is 3.59. The number of hydrogen-bond donors (Lipinski definition) is 1. The van der Waals surface area contributed by atoms with Crippen molar-refractivity contribution < 1.29 is 14.3 Å². The number of carbonyl (C=O) groups excluding carboxylic acids is 1. The highest BCUT2D eigenvalue weighted by molar-refractivity contribution is 5.99. The van der Waals surface area contributed by atoms with E-state index >= 15 is 0 Å². The lowest BCUT2D eigenvalue weighted by atomic mass is 10.1. The minimum absolute atomic E-state index is 0.0652. The third-order valence-corrected chi connectivity index (χ3v) is 5.30. The van der Waals surface area contributed by atoms with Crippen LogP contribution in [0.5, 0.6) is 11.5 Å². The van der Waals surface area contributed by atoms with Crippen LogP contribution in [0, 0.1) is 0 Å². The second-order valence-electron chi connectivity index (χ2n) is 7.58. The van der Waals surface area contributed by atoms with Gasteiger partial charge in [-0.25, -0.2) is 4.98 Å². The molecule has 2 heterocycles. The van der Waals surface area contributed by atoms with Crippen LogP contribution in [-0.4, -0.2) is 40.5 Å². The number of H-pyrrole nitrogens is 1. The molecule has 0 spiro atoms. The van der Waals surface area contributed by atoms with E-state index in [1.807, 2.05) is 17.0 Å². The summed E-state index contributed by atoms with van der Waals surface area (Å²) in [5.41, 5.74) is 2.73. The topological polar surface area (TPSA) is 67.5 Å². The number of aromatic amines is 1. The van der Waals surface area contributed by atoms with Crippen LogP contribution in [0.15, 0.2) is 24.7 Å². The van der Waals surface area contributed by atoms with Crippen LogP contribution in [0.25, 0.3) is 0 Å². The molecular formula is C23H33N3O3. The van der Waals surface area contributed by atoms with Crippen molar-refractivity contribution in [3.63, 3.8) is 0 Å². The van der Waals surface area contributed by atoms with E-state index in [0.29, 0.717) is 26.3 Å². The lowest BCUT2D eigenvalue weighted by Gasteiger charge is -2.17. The second-order valence-corrected chi connectivity index (χ2v) is 7.58. The predicted molar refractivity (Wildman–Crippen MR) is 114 cm³/mol. The standard InChI is InChI=1S/C23H33N3O3/c1-3-5-7-13-28-21-10-9-19-20(22(21)29-14-8-6-4-2)16-26(23(19)27)12-11-18-15-24-17-25-18/h9-10,15,17H,3-8,11-14,16H2,1-2H3,(H,24,25).